The smallest absolute Gasteiger partial charge is 0.238 e. The number of amides is 1. The number of aryl methyl sites for hydroxylation is 1. The van der Waals surface area contributed by atoms with Gasteiger partial charge in [-0.3, -0.25) is 9.69 Å². The van der Waals surface area contributed by atoms with Crippen molar-refractivity contribution in [3.8, 4) is 5.75 Å². The third kappa shape index (κ3) is 3.60. The number of rotatable bonds is 5. The molecule has 1 aliphatic rings. The number of para-hydroxylation sites is 2. The van der Waals surface area contributed by atoms with Crippen molar-refractivity contribution in [2.24, 2.45) is 7.05 Å². The van der Waals surface area contributed by atoms with Crippen LogP contribution in [-0.2, 0) is 16.6 Å². The average Bonchev–Trinajstić information content (AvgIpc) is 3.01. The van der Waals surface area contributed by atoms with Crippen molar-refractivity contribution in [3.05, 3.63) is 48.3 Å². The standard InChI is InChI=1S/C18H23N3O3/c1-20-9-5-7-15(20)16-13-24-11-10-21(16)12-18(22)19-14-6-3-4-8-17(14)23-2/h3-9,16H,10-13H2,1-2H3,(H,19,22)/t16-/m0/s1. The van der Waals surface area contributed by atoms with E-state index in [1.54, 1.807) is 7.11 Å². The van der Waals surface area contributed by atoms with Crippen LogP contribution in [0.3, 0.4) is 0 Å². The maximum Gasteiger partial charge on any atom is 0.238 e. The summed E-state index contributed by atoms with van der Waals surface area (Å²) in [6.07, 6.45) is 2.01. The molecule has 0 spiro atoms. The van der Waals surface area contributed by atoms with Crippen molar-refractivity contribution in [1.29, 1.82) is 0 Å². The predicted molar refractivity (Wildman–Crippen MR) is 92.2 cm³/mol. The summed E-state index contributed by atoms with van der Waals surface area (Å²) in [6.45, 7) is 2.29. The lowest BCUT2D eigenvalue weighted by Crippen LogP contribution is -2.44. The van der Waals surface area contributed by atoms with E-state index in [4.69, 9.17) is 9.47 Å². The zero-order chi connectivity index (χ0) is 16.9. The van der Waals surface area contributed by atoms with Gasteiger partial charge in [-0.2, -0.15) is 0 Å². The molecule has 24 heavy (non-hydrogen) atoms. The highest BCUT2D eigenvalue weighted by Gasteiger charge is 2.27. The van der Waals surface area contributed by atoms with Gasteiger partial charge in [-0.1, -0.05) is 12.1 Å². The highest BCUT2D eigenvalue weighted by Crippen LogP contribution is 2.25. The monoisotopic (exact) mass is 329 g/mol. The lowest BCUT2D eigenvalue weighted by molar-refractivity contribution is -0.119. The number of anilines is 1. The first-order chi connectivity index (χ1) is 11.7. The van der Waals surface area contributed by atoms with E-state index in [2.05, 4.69) is 20.9 Å². The Hall–Kier alpha value is -2.31. The minimum absolute atomic E-state index is 0.0550. The van der Waals surface area contributed by atoms with Crippen molar-refractivity contribution < 1.29 is 14.3 Å². The van der Waals surface area contributed by atoms with Crippen LogP contribution >= 0.6 is 0 Å². The Kier molecular flexibility index (Phi) is 5.17. The minimum Gasteiger partial charge on any atom is -0.495 e. The van der Waals surface area contributed by atoms with Gasteiger partial charge in [0.05, 0.1) is 38.6 Å². The summed E-state index contributed by atoms with van der Waals surface area (Å²) < 4.78 is 13.0. The first kappa shape index (κ1) is 16.5. The molecule has 1 amide bonds. The number of nitrogens with one attached hydrogen (secondary N) is 1. The van der Waals surface area contributed by atoms with Gasteiger partial charge < -0.3 is 19.4 Å². The molecular formula is C18H23N3O3. The summed E-state index contributed by atoms with van der Waals surface area (Å²) in [5, 5.41) is 2.94. The molecule has 1 aromatic carbocycles. The van der Waals surface area contributed by atoms with Crippen LogP contribution in [0.2, 0.25) is 0 Å². The van der Waals surface area contributed by atoms with Crippen molar-refractivity contribution in [2.45, 2.75) is 6.04 Å². The van der Waals surface area contributed by atoms with Gasteiger partial charge in [0.15, 0.2) is 0 Å². The summed E-state index contributed by atoms with van der Waals surface area (Å²) in [5.74, 6) is 0.604. The Morgan fingerprint density at radius 3 is 2.92 bits per heavy atom. The van der Waals surface area contributed by atoms with Crippen LogP contribution in [-0.4, -0.2) is 48.8 Å². The highest BCUT2D eigenvalue weighted by molar-refractivity contribution is 5.93. The topological polar surface area (TPSA) is 55.7 Å². The van der Waals surface area contributed by atoms with Crippen LogP contribution in [0.5, 0.6) is 5.75 Å². The summed E-state index contributed by atoms with van der Waals surface area (Å²) in [5.41, 5.74) is 1.84. The molecule has 3 rings (SSSR count). The molecule has 0 radical (unpaired) electrons. The Balaban J connectivity index is 1.69. The van der Waals surface area contributed by atoms with Gasteiger partial charge >= 0.3 is 0 Å². The Bertz CT molecular complexity index is 698. The van der Waals surface area contributed by atoms with E-state index in [-0.39, 0.29) is 11.9 Å². The molecule has 6 nitrogen and oxygen atoms in total. The van der Waals surface area contributed by atoms with Crippen LogP contribution in [0, 0.1) is 0 Å². The van der Waals surface area contributed by atoms with Gasteiger partial charge in [-0.25, -0.2) is 0 Å². The molecule has 1 aromatic heterocycles. The molecule has 1 saturated heterocycles. The molecule has 2 aromatic rings. The van der Waals surface area contributed by atoms with Crippen molar-refractivity contribution >= 4 is 11.6 Å². The van der Waals surface area contributed by atoms with Gasteiger partial charge in [-0.05, 0) is 24.3 Å². The number of hydrogen-bond acceptors (Lipinski definition) is 4. The normalized spacial score (nSPS) is 18.3. The van der Waals surface area contributed by atoms with Crippen molar-refractivity contribution in [2.75, 3.05) is 38.7 Å². The molecule has 128 valence electrons. The Morgan fingerprint density at radius 1 is 1.33 bits per heavy atom. The third-order valence-corrected chi connectivity index (χ3v) is 4.29. The van der Waals surface area contributed by atoms with Crippen LogP contribution in [0.15, 0.2) is 42.6 Å². The maximum atomic E-state index is 12.5. The third-order valence-electron chi connectivity index (χ3n) is 4.29. The summed E-state index contributed by atoms with van der Waals surface area (Å²) in [6, 6.07) is 11.6. The number of nitrogens with zero attached hydrogens (tertiary/aromatic N) is 2. The molecular weight excluding hydrogens is 306 g/mol. The number of ether oxygens (including phenoxy) is 2. The number of morpholine rings is 1. The number of carbonyl (C=O) groups is 1. The largest absolute Gasteiger partial charge is 0.495 e. The van der Waals surface area contributed by atoms with Crippen LogP contribution < -0.4 is 10.1 Å². The van der Waals surface area contributed by atoms with E-state index in [0.29, 0.717) is 31.2 Å². The Morgan fingerprint density at radius 2 is 2.17 bits per heavy atom. The fraction of sp³-hybridized carbons (Fsp3) is 0.389. The van der Waals surface area contributed by atoms with Crippen LogP contribution in [0.25, 0.3) is 0 Å². The fourth-order valence-corrected chi connectivity index (χ4v) is 3.04. The van der Waals surface area contributed by atoms with E-state index in [1.165, 1.54) is 0 Å². The number of methoxy groups -OCH3 is 1. The summed E-state index contributed by atoms with van der Waals surface area (Å²) in [4.78, 5) is 14.6. The Labute approximate surface area is 142 Å². The first-order valence-corrected chi connectivity index (χ1v) is 8.05. The molecule has 1 N–H and O–H groups in total. The summed E-state index contributed by atoms with van der Waals surface area (Å²) in [7, 11) is 3.61. The van der Waals surface area contributed by atoms with E-state index < -0.39 is 0 Å². The predicted octanol–water partition coefficient (Wildman–Crippen LogP) is 2.05. The molecule has 0 unspecified atom stereocenters. The average molecular weight is 329 g/mol. The molecule has 1 aliphatic heterocycles. The zero-order valence-electron chi connectivity index (χ0n) is 14.1. The number of aromatic nitrogens is 1. The van der Waals surface area contributed by atoms with Gasteiger partial charge in [0.1, 0.15) is 5.75 Å². The summed E-state index contributed by atoms with van der Waals surface area (Å²) >= 11 is 0. The first-order valence-electron chi connectivity index (χ1n) is 8.05. The van der Waals surface area contributed by atoms with Gasteiger partial charge in [0.2, 0.25) is 5.91 Å². The van der Waals surface area contributed by atoms with Gasteiger partial charge in [0.25, 0.3) is 0 Å². The van der Waals surface area contributed by atoms with E-state index in [9.17, 15) is 4.79 Å². The van der Waals surface area contributed by atoms with Crippen LogP contribution in [0.4, 0.5) is 5.69 Å². The fourth-order valence-electron chi connectivity index (χ4n) is 3.04. The lowest BCUT2D eigenvalue weighted by atomic mass is 10.1. The molecule has 1 atom stereocenters. The van der Waals surface area contributed by atoms with Crippen LogP contribution in [0.1, 0.15) is 11.7 Å². The second-order valence-corrected chi connectivity index (χ2v) is 5.85. The van der Waals surface area contributed by atoms with Gasteiger partial charge in [-0.15, -0.1) is 0 Å². The van der Waals surface area contributed by atoms with E-state index >= 15 is 0 Å². The molecule has 0 bridgehead atoms. The molecule has 1 fully saturated rings. The second-order valence-electron chi connectivity index (χ2n) is 5.85. The second kappa shape index (κ2) is 7.51. The maximum absolute atomic E-state index is 12.5. The van der Waals surface area contributed by atoms with E-state index in [0.717, 1.165) is 12.2 Å². The van der Waals surface area contributed by atoms with Crippen molar-refractivity contribution in [3.63, 3.8) is 0 Å². The highest BCUT2D eigenvalue weighted by atomic mass is 16.5. The lowest BCUT2D eigenvalue weighted by Gasteiger charge is -2.35. The number of benzene rings is 1. The number of carbonyl (C=O) groups excluding carboxylic acids is 1. The van der Waals surface area contributed by atoms with Gasteiger partial charge in [0, 0.05) is 25.5 Å². The molecule has 0 aliphatic carbocycles. The molecule has 2 heterocycles. The van der Waals surface area contributed by atoms with Crippen molar-refractivity contribution in [1.82, 2.24) is 9.47 Å². The zero-order valence-corrected chi connectivity index (χ0v) is 14.1. The molecule has 0 saturated carbocycles. The quantitative estimate of drug-likeness (QED) is 0.912. The molecule has 6 heteroatoms. The SMILES string of the molecule is COc1ccccc1NC(=O)CN1CCOC[C@H]1c1cccn1C. The number of hydrogen-bond donors (Lipinski definition) is 1. The van der Waals surface area contributed by atoms with E-state index in [1.807, 2.05) is 43.6 Å². The minimum atomic E-state index is -0.0550.